The predicted octanol–water partition coefficient (Wildman–Crippen LogP) is 6.15. The van der Waals surface area contributed by atoms with Crippen LogP contribution < -0.4 is 18.9 Å². The van der Waals surface area contributed by atoms with Gasteiger partial charge in [0.2, 0.25) is 11.3 Å². The number of morpholine rings is 1. The molecule has 1 N–H and O–H groups in total. The van der Waals surface area contributed by atoms with Crippen molar-refractivity contribution in [2.24, 2.45) is 5.92 Å². The normalized spacial score (nSPS) is 16.0. The highest BCUT2D eigenvalue weighted by Gasteiger charge is 2.28. The topological polar surface area (TPSA) is 160 Å². The first kappa shape index (κ1) is 44.3. The maximum absolute atomic E-state index is 14.0. The lowest BCUT2D eigenvalue weighted by molar-refractivity contribution is -0.605. The number of carbonyl (C=O) groups is 2. The molecular weight excluding hydrogens is 815 g/mol. The molecule has 2 aliphatic rings. The number of pyridine rings is 1. The van der Waals surface area contributed by atoms with Crippen LogP contribution in [0.2, 0.25) is 10.0 Å². The van der Waals surface area contributed by atoms with E-state index in [0.29, 0.717) is 30.1 Å². The third kappa shape index (κ3) is 13.9. The summed E-state index contributed by atoms with van der Waals surface area (Å²) in [7, 11) is 0. The fourth-order valence-electron chi connectivity index (χ4n) is 5.81. The molecule has 3 aromatic rings. The zero-order valence-corrected chi connectivity index (χ0v) is 34.0. The van der Waals surface area contributed by atoms with Crippen LogP contribution in [0.4, 0.5) is 8.78 Å². The Labute approximate surface area is 341 Å². The zero-order chi connectivity index (χ0) is 41.3. The van der Waals surface area contributed by atoms with Crippen molar-refractivity contribution in [3.8, 4) is 17.2 Å². The molecule has 19 heteroatoms. The van der Waals surface area contributed by atoms with E-state index < -0.39 is 48.1 Å². The van der Waals surface area contributed by atoms with E-state index in [4.69, 9.17) is 51.6 Å². The van der Waals surface area contributed by atoms with Gasteiger partial charge in [-0.25, -0.2) is 9.00 Å². The summed E-state index contributed by atoms with van der Waals surface area (Å²) in [6.45, 7) is 4.71. The number of benzene rings is 2. The second kappa shape index (κ2) is 20.2. The summed E-state index contributed by atoms with van der Waals surface area (Å²) in [5.74, 6) is -1.26. The van der Waals surface area contributed by atoms with Crippen LogP contribution in [0.5, 0.6) is 17.2 Å². The van der Waals surface area contributed by atoms with Gasteiger partial charge >= 0.3 is 18.6 Å². The fraction of sp³-hybridized carbons (Fsp3) is 0.500. The van der Waals surface area contributed by atoms with E-state index in [1.54, 1.807) is 20.8 Å². The van der Waals surface area contributed by atoms with Crippen LogP contribution in [0.25, 0.3) is 0 Å². The van der Waals surface area contributed by atoms with Gasteiger partial charge in [0, 0.05) is 43.7 Å². The smallest absolute Gasteiger partial charge is 0.387 e. The molecule has 2 atom stereocenters. The summed E-state index contributed by atoms with van der Waals surface area (Å²) < 4.78 is 84.2. The van der Waals surface area contributed by atoms with Crippen molar-refractivity contribution in [2.45, 2.75) is 64.9 Å². The van der Waals surface area contributed by atoms with Crippen molar-refractivity contribution in [1.82, 2.24) is 9.21 Å². The molecule has 1 saturated heterocycles. The molecule has 0 radical (unpaired) electrons. The maximum Gasteiger partial charge on any atom is 0.387 e. The number of alkyl halides is 2. The van der Waals surface area contributed by atoms with Crippen molar-refractivity contribution in [2.75, 3.05) is 52.6 Å². The predicted molar refractivity (Wildman–Crippen MR) is 205 cm³/mol. The van der Waals surface area contributed by atoms with Crippen LogP contribution in [0.3, 0.4) is 0 Å². The third-order valence-corrected chi connectivity index (χ3v) is 10.1. The zero-order valence-electron chi connectivity index (χ0n) is 31.6. The number of halogens is 4. The van der Waals surface area contributed by atoms with E-state index in [2.05, 4.69) is 4.90 Å². The van der Waals surface area contributed by atoms with Gasteiger partial charge in [0.25, 0.3) is 0 Å². The van der Waals surface area contributed by atoms with Gasteiger partial charge in [-0.3, -0.25) is 14.2 Å². The average Bonchev–Trinajstić information content (AvgIpc) is 3.96. The summed E-state index contributed by atoms with van der Waals surface area (Å²) in [5, 5.41) is 12.0. The lowest BCUT2D eigenvalue weighted by atomic mass is 10.0. The highest BCUT2D eigenvalue weighted by molar-refractivity contribution is 7.76. The minimum absolute atomic E-state index is 0.00184. The Morgan fingerprint density at radius 1 is 1.05 bits per heavy atom. The Hall–Kier alpha value is -3.84. The molecule has 2 aromatic carbocycles. The largest absolute Gasteiger partial charge is 0.619 e. The summed E-state index contributed by atoms with van der Waals surface area (Å²) in [6.07, 6.45) is 2.72. The van der Waals surface area contributed by atoms with Gasteiger partial charge in [0.05, 0.1) is 25.4 Å². The molecule has 1 saturated carbocycles. The van der Waals surface area contributed by atoms with Crippen LogP contribution in [0.15, 0.2) is 48.8 Å². The van der Waals surface area contributed by atoms with Gasteiger partial charge in [-0.15, -0.1) is 0 Å². The number of rotatable bonds is 19. The molecular formula is C38H45Cl2F2N3O11S. The van der Waals surface area contributed by atoms with E-state index in [9.17, 15) is 32.3 Å². The first-order valence-electron chi connectivity index (χ1n) is 18.2. The Balaban J connectivity index is 1.46. The standard InChI is InChI=1S/C38H45Cl2F2N3O11S/c1-38(2,3)56-35(46)22-45(57(49)50)19-27-16-26(7-8-31(27)52-15-12-43-10-13-51-14-11-43)36(47)54-33(18-28-29(39)20-44(48)21-30(28)40)25-6-9-32(55-37(41)42)34(17-25)53-23-24-4-5-24/h6-9,16-17,20-21,24,33,37H,4-5,10-15,18-19,22-23H2,1-3H3,(H,49,50). The van der Waals surface area contributed by atoms with Crippen LogP contribution in [-0.2, 0) is 43.2 Å². The van der Waals surface area contributed by atoms with E-state index in [0.717, 1.165) is 42.6 Å². The van der Waals surface area contributed by atoms with Gasteiger partial charge in [-0.05, 0) is 75.4 Å². The second-order valence-corrected chi connectivity index (χ2v) is 16.3. The van der Waals surface area contributed by atoms with E-state index in [1.165, 1.54) is 36.4 Å². The molecule has 0 amide bonds. The number of hydrogen-bond donors (Lipinski definition) is 1. The summed E-state index contributed by atoms with van der Waals surface area (Å²) in [6, 6.07) is 8.53. The highest BCUT2D eigenvalue weighted by atomic mass is 35.5. The van der Waals surface area contributed by atoms with Crippen LogP contribution in [0.1, 0.15) is 66.8 Å². The first-order valence-corrected chi connectivity index (χ1v) is 20.0. The van der Waals surface area contributed by atoms with Crippen LogP contribution in [0, 0.1) is 11.1 Å². The summed E-state index contributed by atoms with van der Waals surface area (Å²) in [4.78, 5) is 28.9. The highest BCUT2D eigenvalue weighted by Crippen LogP contribution is 2.38. The SMILES string of the molecule is CC(C)(C)OC(=O)CN(Cc1cc(C(=O)OC(Cc2c(Cl)c[n+]([O-])cc2Cl)c2ccc(OC(F)F)c(OCC3CC3)c2)ccc1OCCN1CCOCC1)S(=O)O. The molecule has 1 aromatic heterocycles. The summed E-state index contributed by atoms with van der Waals surface area (Å²) >= 11 is 10.2. The quantitative estimate of drug-likeness (QED) is 0.0635. The molecule has 2 fully saturated rings. The van der Waals surface area contributed by atoms with Crippen molar-refractivity contribution >= 4 is 46.4 Å². The lowest BCUT2D eigenvalue weighted by Gasteiger charge is -2.27. The Kier molecular flexibility index (Phi) is 15.7. The number of carbonyl (C=O) groups excluding carboxylic acids is 2. The number of nitrogens with zero attached hydrogens (tertiary/aromatic N) is 3. The van der Waals surface area contributed by atoms with Crippen molar-refractivity contribution in [3.05, 3.63) is 86.3 Å². The number of aromatic nitrogens is 1. The van der Waals surface area contributed by atoms with Gasteiger partial charge in [-0.1, -0.05) is 29.3 Å². The van der Waals surface area contributed by atoms with E-state index >= 15 is 0 Å². The monoisotopic (exact) mass is 859 g/mol. The van der Waals surface area contributed by atoms with Crippen molar-refractivity contribution in [1.29, 1.82) is 0 Å². The van der Waals surface area contributed by atoms with Gasteiger partial charge in [0.15, 0.2) is 23.9 Å². The molecule has 312 valence electrons. The third-order valence-electron chi connectivity index (χ3n) is 8.78. The Morgan fingerprint density at radius 2 is 1.74 bits per heavy atom. The van der Waals surface area contributed by atoms with Gasteiger partial charge < -0.3 is 33.6 Å². The number of hydrogen-bond acceptors (Lipinski definition) is 11. The second-order valence-electron chi connectivity index (χ2n) is 14.5. The average molecular weight is 861 g/mol. The van der Waals surface area contributed by atoms with Crippen LogP contribution in [-0.4, -0.2) is 94.7 Å². The number of esters is 2. The molecule has 2 heterocycles. The molecule has 14 nitrogen and oxygen atoms in total. The number of ether oxygens (including phenoxy) is 6. The van der Waals surface area contributed by atoms with Gasteiger partial charge in [-0.2, -0.15) is 17.8 Å². The molecule has 57 heavy (non-hydrogen) atoms. The van der Waals surface area contributed by atoms with Crippen LogP contribution >= 0.6 is 23.2 Å². The van der Waals surface area contributed by atoms with E-state index in [-0.39, 0.29) is 76.1 Å². The minimum Gasteiger partial charge on any atom is -0.619 e. The van der Waals surface area contributed by atoms with E-state index in [1.807, 2.05) is 0 Å². The minimum atomic E-state index is -3.13. The molecule has 1 aliphatic carbocycles. The maximum atomic E-state index is 14.0. The molecule has 0 spiro atoms. The molecule has 1 aliphatic heterocycles. The van der Waals surface area contributed by atoms with Crippen molar-refractivity contribution < 1.29 is 60.3 Å². The fourth-order valence-corrected chi connectivity index (χ4v) is 6.88. The lowest BCUT2D eigenvalue weighted by Crippen LogP contribution is -2.38. The molecule has 2 unspecified atom stereocenters. The molecule has 5 rings (SSSR count). The Bertz CT molecular complexity index is 1870. The summed E-state index contributed by atoms with van der Waals surface area (Å²) in [5.41, 5.74) is 0.0151. The Morgan fingerprint density at radius 3 is 2.37 bits per heavy atom. The van der Waals surface area contributed by atoms with Gasteiger partial charge in [0.1, 0.15) is 40.7 Å². The van der Waals surface area contributed by atoms with Crippen molar-refractivity contribution in [3.63, 3.8) is 0 Å². The first-order chi connectivity index (χ1) is 27.0. The molecule has 0 bridgehead atoms.